The molecule has 2 rings (SSSR count). The summed E-state index contributed by atoms with van der Waals surface area (Å²) in [5, 5.41) is 2.36. The number of carbonyl (C=O) groups excluding carboxylic acids is 3. The van der Waals surface area contributed by atoms with E-state index in [1.165, 1.54) is 25.8 Å². The molecule has 1 unspecified atom stereocenters. The van der Waals surface area contributed by atoms with Gasteiger partial charge in [0.05, 0.1) is 23.6 Å². The molecule has 2 aromatic rings. The van der Waals surface area contributed by atoms with E-state index in [1.54, 1.807) is 26.0 Å². The van der Waals surface area contributed by atoms with Gasteiger partial charge in [-0.15, -0.1) is 11.8 Å². The summed E-state index contributed by atoms with van der Waals surface area (Å²) in [7, 11) is 1.32. The minimum atomic E-state index is -0.454. The number of Topliss-reactive ketones (excluding diaryl/α,β-unsaturated/α-hetero) is 1. The summed E-state index contributed by atoms with van der Waals surface area (Å²) in [6, 6.07) is 7.29. The molecule has 6 nitrogen and oxygen atoms in total. The zero-order valence-corrected chi connectivity index (χ0v) is 16.2. The van der Waals surface area contributed by atoms with Crippen LogP contribution in [0.3, 0.4) is 0 Å². The van der Waals surface area contributed by atoms with Crippen molar-refractivity contribution in [2.75, 3.05) is 12.4 Å². The van der Waals surface area contributed by atoms with Gasteiger partial charge in [-0.05, 0) is 50.6 Å². The van der Waals surface area contributed by atoms with Crippen molar-refractivity contribution in [3.63, 3.8) is 0 Å². The predicted molar refractivity (Wildman–Crippen MR) is 102 cm³/mol. The van der Waals surface area contributed by atoms with Crippen molar-refractivity contribution in [2.45, 2.75) is 37.8 Å². The molecule has 0 spiro atoms. The zero-order valence-electron chi connectivity index (χ0n) is 15.4. The maximum atomic E-state index is 12.8. The Morgan fingerprint density at radius 3 is 2.31 bits per heavy atom. The lowest BCUT2D eigenvalue weighted by atomic mass is 10.1. The molecule has 1 heterocycles. The summed E-state index contributed by atoms with van der Waals surface area (Å²) >= 11 is 1.41. The van der Waals surface area contributed by atoms with Gasteiger partial charge in [-0.25, -0.2) is 4.79 Å². The number of hydrogen-bond donors (Lipinski definition) is 2. The van der Waals surface area contributed by atoms with Gasteiger partial charge in [-0.3, -0.25) is 9.59 Å². The summed E-state index contributed by atoms with van der Waals surface area (Å²) in [5.41, 5.74) is 2.77. The number of esters is 1. The molecule has 1 amide bonds. The molecule has 0 saturated heterocycles. The molecule has 1 aromatic carbocycles. The number of methoxy groups -OCH3 is 1. The second-order valence-corrected chi connectivity index (χ2v) is 7.36. The summed E-state index contributed by atoms with van der Waals surface area (Å²) in [6.45, 7) is 6.76. The van der Waals surface area contributed by atoms with Crippen LogP contribution in [0.25, 0.3) is 0 Å². The lowest BCUT2D eigenvalue weighted by molar-refractivity contribution is -0.114. The molecule has 0 bridgehead atoms. The Morgan fingerprint density at radius 1 is 1.15 bits per heavy atom. The second-order valence-electron chi connectivity index (χ2n) is 5.95. The van der Waals surface area contributed by atoms with Crippen LogP contribution in [0.2, 0.25) is 0 Å². The van der Waals surface area contributed by atoms with Crippen molar-refractivity contribution in [1.82, 2.24) is 4.98 Å². The molecular weight excluding hydrogens is 352 g/mol. The highest BCUT2D eigenvalue weighted by Crippen LogP contribution is 2.29. The molecule has 26 heavy (non-hydrogen) atoms. The number of carbonyl (C=O) groups is 3. The number of hydrogen-bond acceptors (Lipinski definition) is 5. The van der Waals surface area contributed by atoms with Crippen LogP contribution in [-0.4, -0.2) is 35.0 Å². The molecule has 0 aliphatic heterocycles. The van der Waals surface area contributed by atoms with E-state index in [9.17, 15) is 14.4 Å². The SMILES string of the molecule is COC(=O)c1c(C)[nH]c(C(=O)C(C)Sc2ccc(NC(C)=O)cc2)c1C. The third-order valence-corrected chi connectivity index (χ3v) is 5.04. The first-order chi connectivity index (χ1) is 12.2. The number of ether oxygens (including phenoxy) is 1. The van der Waals surface area contributed by atoms with E-state index in [-0.39, 0.29) is 16.9 Å². The van der Waals surface area contributed by atoms with Gasteiger partial charge in [0, 0.05) is 23.2 Å². The molecule has 0 radical (unpaired) electrons. The number of ketones is 1. The first-order valence-corrected chi connectivity index (χ1v) is 8.98. The van der Waals surface area contributed by atoms with Crippen LogP contribution in [0.5, 0.6) is 0 Å². The Hall–Kier alpha value is -2.54. The van der Waals surface area contributed by atoms with E-state index in [1.807, 2.05) is 19.1 Å². The Labute approximate surface area is 156 Å². The summed E-state index contributed by atoms with van der Waals surface area (Å²) in [5.74, 6) is -0.672. The molecule has 0 fully saturated rings. The number of thioether (sulfide) groups is 1. The van der Waals surface area contributed by atoms with Crippen LogP contribution in [0.1, 0.15) is 46.0 Å². The Balaban J connectivity index is 2.15. The van der Waals surface area contributed by atoms with Crippen LogP contribution in [-0.2, 0) is 9.53 Å². The summed E-state index contributed by atoms with van der Waals surface area (Å²) in [6.07, 6.45) is 0. The van der Waals surface area contributed by atoms with Gasteiger partial charge in [0.2, 0.25) is 5.91 Å². The number of aromatic amines is 1. The van der Waals surface area contributed by atoms with E-state index < -0.39 is 5.97 Å². The summed E-state index contributed by atoms with van der Waals surface area (Å²) in [4.78, 5) is 39.7. The lowest BCUT2D eigenvalue weighted by Crippen LogP contribution is -2.15. The van der Waals surface area contributed by atoms with Crippen molar-refractivity contribution in [3.8, 4) is 0 Å². The standard InChI is InChI=1S/C19H22N2O4S/c1-10-16(19(24)25-5)11(2)20-17(10)18(23)12(3)26-15-8-6-14(7-9-15)21-13(4)22/h6-9,12,20H,1-5H3,(H,21,22). The van der Waals surface area contributed by atoms with Gasteiger partial charge < -0.3 is 15.0 Å². The second kappa shape index (κ2) is 8.23. The van der Waals surface area contributed by atoms with Gasteiger partial charge in [-0.1, -0.05) is 0 Å². The minimum absolute atomic E-state index is 0.0864. The number of H-pyrrole nitrogens is 1. The molecule has 2 N–H and O–H groups in total. The number of aromatic nitrogens is 1. The molecule has 138 valence electrons. The van der Waals surface area contributed by atoms with Crippen molar-refractivity contribution in [2.24, 2.45) is 0 Å². The number of nitrogens with one attached hydrogen (secondary N) is 2. The van der Waals surface area contributed by atoms with Gasteiger partial charge in [0.1, 0.15) is 0 Å². The quantitative estimate of drug-likeness (QED) is 0.457. The number of anilines is 1. The molecule has 1 aromatic heterocycles. The minimum Gasteiger partial charge on any atom is -0.465 e. The number of aryl methyl sites for hydroxylation is 1. The van der Waals surface area contributed by atoms with Crippen LogP contribution in [0.4, 0.5) is 5.69 Å². The van der Waals surface area contributed by atoms with Crippen LogP contribution < -0.4 is 5.32 Å². The number of benzene rings is 1. The lowest BCUT2D eigenvalue weighted by Gasteiger charge is -2.11. The van der Waals surface area contributed by atoms with E-state index in [0.29, 0.717) is 28.2 Å². The zero-order chi connectivity index (χ0) is 19.4. The Morgan fingerprint density at radius 2 is 1.77 bits per heavy atom. The molecule has 7 heteroatoms. The molecule has 0 aliphatic rings. The van der Waals surface area contributed by atoms with Gasteiger partial charge in [0.25, 0.3) is 0 Å². The van der Waals surface area contributed by atoms with E-state index in [0.717, 1.165) is 4.90 Å². The van der Waals surface area contributed by atoms with E-state index in [4.69, 9.17) is 4.74 Å². The molecule has 1 atom stereocenters. The highest BCUT2D eigenvalue weighted by Gasteiger charge is 2.25. The topological polar surface area (TPSA) is 88.3 Å². The Kier molecular flexibility index (Phi) is 6.26. The first kappa shape index (κ1) is 19.8. The van der Waals surface area contributed by atoms with Gasteiger partial charge in [0.15, 0.2) is 5.78 Å². The highest BCUT2D eigenvalue weighted by atomic mass is 32.2. The normalized spacial score (nSPS) is 11.7. The van der Waals surface area contributed by atoms with E-state index in [2.05, 4.69) is 10.3 Å². The van der Waals surface area contributed by atoms with Crippen molar-refractivity contribution in [3.05, 3.63) is 46.8 Å². The fraction of sp³-hybridized carbons (Fsp3) is 0.316. The van der Waals surface area contributed by atoms with Gasteiger partial charge >= 0.3 is 5.97 Å². The van der Waals surface area contributed by atoms with Gasteiger partial charge in [-0.2, -0.15) is 0 Å². The third-order valence-electron chi connectivity index (χ3n) is 3.93. The molecule has 0 aliphatic carbocycles. The number of rotatable bonds is 6. The first-order valence-electron chi connectivity index (χ1n) is 8.10. The average Bonchev–Trinajstić information content (AvgIpc) is 2.89. The van der Waals surface area contributed by atoms with Crippen molar-refractivity contribution < 1.29 is 19.1 Å². The molecular formula is C19H22N2O4S. The maximum absolute atomic E-state index is 12.8. The van der Waals surface area contributed by atoms with E-state index >= 15 is 0 Å². The Bertz CT molecular complexity index is 840. The average molecular weight is 374 g/mol. The molecule has 0 saturated carbocycles. The third kappa shape index (κ3) is 4.35. The maximum Gasteiger partial charge on any atom is 0.339 e. The highest BCUT2D eigenvalue weighted by molar-refractivity contribution is 8.00. The van der Waals surface area contributed by atoms with Crippen LogP contribution in [0, 0.1) is 13.8 Å². The smallest absolute Gasteiger partial charge is 0.339 e. The largest absolute Gasteiger partial charge is 0.465 e. The predicted octanol–water partition coefficient (Wildman–Crippen LogP) is 3.74. The fourth-order valence-electron chi connectivity index (χ4n) is 2.69. The fourth-order valence-corrected chi connectivity index (χ4v) is 3.61. The van der Waals surface area contributed by atoms with Crippen molar-refractivity contribution >= 4 is 35.1 Å². The monoisotopic (exact) mass is 374 g/mol. The summed E-state index contributed by atoms with van der Waals surface area (Å²) < 4.78 is 4.78. The van der Waals surface area contributed by atoms with Crippen LogP contribution >= 0.6 is 11.8 Å². The van der Waals surface area contributed by atoms with Crippen molar-refractivity contribution in [1.29, 1.82) is 0 Å². The number of amides is 1. The van der Waals surface area contributed by atoms with Crippen LogP contribution in [0.15, 0.2) is 29.2 Å².